The summed E-state index contributed by atoms with van der Waals surface area (Å²) < 4.78 is 2.28. The highest BCUT2D eigenvalue weighted by atomic mass is 35.5. The number of para-hydroxylation sites is 1. The van der Waals surface area contributed by atoms with Crippen molar-refractivity contribution in [1.82, 2.24) is 24.5 Å². The van der Waals surface area contributed by atoms with Crippen LogP contribution in [0.2, 0.25) is 5.28 Å². The fourth-order valence-electron chi connectivity index (χ4n) is 13.1. The predicted molar refractivity (Wildman–Crippen MR) is 349 cm³/mol. The van der Waals surface area contributed by atoms with Crippen molar-refractivity contribution in [1.29, 1.82) is 0 Å². The normalized spacial score (nSPS) is 11.9. The van der Waals surface area contributed by atoms with Crippen molar-refractivity contribution in [2.75, 3.05) is 0 Å². The highest BCUT2D eigenvalue weighted by Gasteiger charge is 2.25. The maximum absolute atomic E-state index is 6.15. The van der Waals surface area contributed by atoms with Crippen LogP contribution < -0.4 is 0 Å². The smallest absolute Gasteiger partial charge is 0.235 e. The van der Waals surface area contributed by atoms with Gasteiger partial charge in [0.1, 0.15) is 0 Å². The Morgan fingerprint density at radius 2 is 0.759 bits per heavy atom. The topological polar surface area (TPSA) is 56.5 Å². The molecule has 0 bridgehead atoms. The van der Waals surface area contributed by atoms with Crippen LogP contribution >= 0.6 is 11.6 Å². The number of hydrogen-bond donors (Lipinski definition) is 0. The van der Waals surface area contributed by atoms with Crippen molar-refractivity contribution in [2.45, 2.75) is 6.42 Å². The lowest BCUT2D eigenvalue weighted by atomic mass is 9.92. The van der Waals surface area contributed by atoms with E-state index < -0.39 is 0 Å². The lowest BCUT2D eigenvalue weighted by Crippen LogP contribution is -2.04. The van der Waals surface area contributed by atoms with Crippen molar-refractivity contribution in [3.05, 3.63) is 295 Å². The van der Waals surface area contributed by atoms with E-state index in [1.165, 1.54) is 81.5 Å². The highest BCUT2D eigenvalue weighted by molar-refractivity contribution is 6.32. The third-order valence-electron chi connectivity index (χ3n) is 16.7. The first-order chi connectivity index (χ1) is 41.1. The number of fused-ring (bicyclic) bond motifs is 22. The molecule has 0 N–H and O–H groups in total. The summed E-state index contributed by atoms with van der Waals surface area (Å²) in [6, 6.07) is 98.2. The molecule has 0 aliphatic heterocycles. The van der Waals surface area contributed by atoms with E-state index >= 15 is 0 Å². The van der Waals surface area contributed by atoms with E-state index in [9.17, 15) is 0 Å². The molecule has 17 aromatic rings. The van der Waals surface area contributed by atoms with Crippen LogP contribution in [-0.2, 0) is 6.42 Å². The molecule has 83 heavy (non-hydrogen) atoms. The minimum absolute atomic E-state index is 0.276. The summed E-state index contributed by atoms with van der Waals surface area (Å²) in [6.07, 6.45) is 1.05. The van der Waals surface area contributed by atoms with Crippen molar-refractivity contribution in [3.8, 4) is 39.6 Å². The fourth-order valence-corrected chi connectivity index (χ4v) is 13.2. The molecule has 1 aliphatic carbocycles. The lowest BCUT2D eigenvalue weighted by Gasteiger charge is -2.14. The molecule has 18 rings (SSSR count). The molecule has 0 amide bonds. The second-order valence-electron chi connectivity index (χ2n) is 21.3. The second kappa shape index (κ2) is 19.9. The quantitative estimate of drug-likeness (QED) is 0.131. The van der Waals surface area contributed by atoms with Crippen LogP contribution in [0.3, 0.4) is 0 Å². The summed E-state index contributed by atoms with van der Waals surface area (Å²) in [6.45, 7) is 0. The van der Waals surface area contributed by atoms with Crippen LogP contribution in [0.1, 0.15) is 11.1 Å². The number of nitrogens with zero attached hydrogens (tertiary/aromatic N) is 5. The average molecular weight is 1080 g/mol. The molecule has 0 saturated carbocycles. The summed E-state index contributed by atoms with van der Waals surface area (Å²) in [5.41, 5.74) is 13.8. The van der Waals surface area contributed by atoms with Crippen molar-refractivity contribution < 1.29 is 0 Å². The first-order valence-electron chi connectivity index (χ1n) is 28.1. The van der Waals surface area contributed by atoms with Gasteiger partial charge in [0.2, 0.25) is 11.2 Å². The third-order valence-corrected chi connectivity index (χ3v) is 16.8. The van der Waals surface area contributed by atoms with Crippen LogP contribution in [0.4, 0.5) is 0 Å². The molecule has 0 fully saturated rings. The SMILES string of the molecule is Clc1nc(-c2ccccc2)c2ccc3ccccc3c2n1.c1ccc(-c2nc(-n3c4ccccc4c4c5ccccc5c5ccccc5c43)nc3c2ccc2ccccc23)cc1.c1ccc2c(c1)Cc1c-2c2ccccc2c2ccccc12. The van der Waals surface area contributed by atoms with Crippen LogP contribution in [0.25, 0.3) is 148 Å². The van der Waals surface area contributed by atoms with Crippen molar-refractivity contribution >= 4 is 120 Å². The Labute approximate surface area is 483 Å². The molecule has 6 heteroatoms. The van der Waals surface area contributed by atoms with Gasteiger partial charge >= 0.3 is 0 Å². The summed E-state index contributed by atoms with van der Waals surface area (Å²) in [4.78, 5) is 19.6. The summed E-state index contributed by atoms with van der Waals surface area (Å²) in [7, 11) is 0. The summed E-state index contributed by atoms with van der Waals surface area (Å²) in [5.74, 6) is 0.680. The highest BCUT2D eigenvalue weighted by Crippen LogP contribution is 2.47. The largest absolute Gasteiger partial charge is 0.277 e. The molecule has 0 radical (unpaired) electrons. The second-order valence-corrected chi connectivity index (χ2v) is 21.6. The summed E-state index contributed by atoms with van der Waals surface area (Å²) in [5, 5.41) is 19.8. The molecule has 388 valence electrons. The number of hydrogen-bond acceptors (Lipinski definition) is 4. The Balaban J connectivity index is 0.000000113. The first-order valence-corrected chi connectivity index (χ1v) is 28.5. The number of halogens is 1. The van der Waals surface area contributed by atoms with E-state index in [-0.39, 0.29) is 5.28 Å². The average Bonchev–Trinajstić information content (AvgIpc) is 2.33. The van der Waals surface area contributed by atoms with E-state index in [0.29, 0.717) is 5.95 Å². The lowest BCUT2D eigenvalue weighted by molar-refractivity contribution is 1.02. The zero-order valence-corrected chi connectivity index (χ0v) is 45.6. The van der Waals surface area contributed by atoms with Crippen LogP contribution in [0.5, 0.6) is 0 Å². The Morgan fingerprint density at radius 3 is 1.40 bits per heavy atom. The number of rotatable bonds is 3. The van der Waals surface area contributed by atoms with Crippen LogP contribution in [0, 0.1) is 0 Å². The molecule has 14 aromatic carbocycles. The molecule has 1 aliphatic rings. The predicted octanol–water partition coefficient (Wildman–Crippen LogP) is 20.5. The van der Waals surface area contributed by atoms with Gasteiger partial charge in [0.15, 0.2) is 0 Å². The van der Waals surface area contributed by atoms with Gasteiger partial charge in [-0.15, -0.1) is 0 Å². The third kappa shape index (κ3) is 8.00. The van der Waals surface area contributed by atoms with E-state index in [1.807, 2.05) is 48.5 Å². The van der Waals surface area contributed by atoms with Gasteiger partial charge in [-0.3, -0.25) is 4.57 Å². The molecular formula is C77H48ClN5. The zero-order valence-electron chi connectivity index (χ0n) is 44.9. The van der Waals surface area contributed by atoms with E-state index in [1.54, 1.807) is 0 Å². The van der Waals surface area contributed by atoms with Gasteiger partial charge in [-0.2, -0.15) is 0 Å². The van der Waals surface area contributed by atoms with Gasteiger partial charge in [-0.05, 0) is 107 Å². The van der Waals surface area contributed by atoms with Crippen molar-refractivity contribution in [3.63, 3.8) is 0 Å². The van der Waals surface area contributed by atoms with E-state index in [2.05, 4.69) is 245 Å². The maximum atomic E-state index is 6.15. The zero-order chi connectivity index (χ0) is 55.0. The molecule has 0 saturated heterocycles. The number of aromatic nitrogens is 5. The maximum Gasteiger partial charge on any atom is 0.235 e. The fraction of sp³-hybridized carbons (Fsp3) is 0.0130. The van der Waals surface area contributed by atoms with Crippen molar-refractivity contribution in [2.24, 2.45) is 0 Å². The standard InChI is InChI=1S/C38H23N3.C21H14.C18H11ClN2/c1-2-13-25(14-3-1)35-32-23-22-24-12-4-5-15-26(24)36(32)40-38(39-35)41-33-21-11-10-20-31(33)34-29-18-8-6-16-27(29)28-17-7-9-19-30(28)37(34)41;1-2-8-15-14(7-1)13-20-18-11-4-3-9-16(18)17-10-5-6-12-19(17)21(15)20;19-18-20-16(13-7-2-1-3-8-13)15-11-10-12-6-4-5-9-14(12)17(15)21-18/h1-23H;1-12H,13H2;1-11H. The van der Waals surface area contributed by atoms with Gasteiger partial charge in [-0.1, -0.05) is 261 Å². The number of benzene rings is 14. The van der Waals surface area contributed by atoms with Gasteiger partial charge in [0.25, 0.3) is 0 Å². The molecule has 5 nitrogen and oxygen atoms in total. The van der Waals surface area contributed by atoms with E-state index in [4.69, 9.17) is 21.6 Å². The Bertz CT molecular complexity index is 5440. The minimum Gasteiger partial charge on any atom is -0.277 e. The van der Waals surface area contributed by atoms with Crippen LogP contribution in [0.15, 0.2) is 279 Å². The Morgan fingerprint density at radius 1 is 0.313 bits per heavy atom. The summed E-state index contributed by atoms with van der Waals surface area (Å²) >= 11 is 6.15. The van der Waals surface area contributed by atoms with Gasteiger partial charge < -0.3 is 0 Å². The first kappa shape index (κ1) is 48.3. The monoisotopic (exact) mass is 1080 g/mol. The molecule has 0 unspecified atom stereocenters. The van der Waals surface area contributed by atoms with Gasteiger partial charge in [-0.25, -0.2) is 19.9 Å². The Hall–Kier alpha value is -10.6. The van der Waals surface area contributed by atoms with Crippen LogP contribution in [-0.4, -0.2) is 24.5 Å². The molecular weight excluding hydrogens is 1030 g/mol. The van der Waals surface area contributed by atoms with E-state index in [0.717, 1.165) is 77.9 Å². The molecule has 0 atom stereocenters. The van der Waals surface area contributed by atoms with Gasteiger partial charge in [0.05, 0.1) is 33.5 Å². The molecule has 3 aromatic heterocycles. The molecule has 0 spiro atoms. The minimum atomic E-state index is 0.276. The Kier molecular flexibility index (Phi) is 11.6. The van der Waals surface area contributed by atoms with Gasteiger partial charge in [0, 0.05) is 48.8 Å². The molecule has 3 heterocycles.